The van der Waals surface area contributed by atoms with Crippen LogP contribution in [0.3, 0.4) is 0 Å². The topological polar surface area (TPSA) is 72.5 Å². The molecule has 0 aromatic carbocycles. The van der Waals surface area contributed by atoms with Crippen LogP contribution >= 0.6 is 0 Å². The molecule has 74 valence electrons. The number of carbonyl (C=O) groups excluding carboxylic acids is 1. The Hall–Kier alpha value is -0.780. The van der Waals surface area contributed by atoms with Crippen LogP contribution in [0, 0.1) is 0 Å². The first kappa shape index (κ1) is 8.80. The fourth-order valence-corrected chi connectivity index (χ4v) is 3.77. The SMILES string of the molecule is O=C1NC2(CCCS(=O)(=O)C2)CO1. The average Bonchev–Trinajstić information content (AvgIpc) is 2.29. The van der Waals surface area contributed by atoms with Gasteiger partial charge < -0.3 is 10.1 Å². The first-order chi connectivity index (χ1) is 6.02. The van der Waals surface area contributed by atoms with Crippen molar-refractivity contribution in [3.63, 3.8) is 0 Å². The Morgan fingerprint density at radius 2 is 2.23 bits per heavy atom. The standard InChI is InChI=1S/C7H11NO4S/c9-6-8-7(4-12-6)2-1-3-13(10,11)5-7/h1-5H2,(H,8,9). The quantitative estimate of drug-likeness (QED) is 0.588. The Labute approximate surface area is 76.4 Å². The molecule has 13 heavy (non-hydrogen) atoms. The average molecular weight is 205 g/mol. The largest absolute Gasteiger partial charge is 0.447 e. The molecule has 1 spiro atoms. The highest BCUT2D eigenvalue weighted by Gasteiger charge is 2.45. The van der Waals surface area contributed by atoms with Crippen molar-refractivity contribution in [2.45, 2.75) is 18.4 Å². The molecule has 2 aliphatic heterocycles. The Morgan fingerprint density at radius 1 is 1.46 bits per heavy atom. The smallest absolute Gasteiger partial charge is 0.407 e. The van der Waals surface area contributed by atoms with Gasteiger partial charge in [-0.2, -0.15) is 0 Å². The molecule has 5 nitrogen and oxygen atoms in total. The molecule has 2 fully saturated rings. The summed E-state index contributed by atoms with van der Waals surface area (Å²) in [7, 11) is -2.99. The first-order valence-electron chi connectivity index (χ1n) is 4.17. The molecule has 0 aromatic rings. The van der Waals surface area contributed by atoms with E-state index in [1.54, 1.807) is 0 Å². The van der Waals surface area contributed by atoms with Crippen LogP contribution in [0.5, 0.6) is 0 Å². The van der Waals surface area contributed by atoms with E-state index in [0.717, 1.165) is 0 Å². The molecule has 0 saturated carbocycles. The van der Waals surface area contributed by atoms with Gasteiger partial charge >= 0.3 is 6.09 Å². The molecule has 2 rings (SSSR count). The lowest BCUT2D eigenvalue weighted by Gasteiger charge is -2.29. The van der Waals surface area contributed by atoms with Crippen LogP contribution in [0.25, 0.3) is 0 Å². The first-order valence-corrected chi connectivity index (χ1v) is 5.99. The predicted octanol–water partition coefficient (Wildman–Crippen LogP) is -0.326. The van der Waals surface area contributed by atoms with Crippen LogP contribution in [0.1, 0.15) is 12.8 Å². The number of cyclic esters (lactones) is 1. The molecule has 0 aromatic heterocycles. The Bertz CT molecular complexity index is 336. The van der Waals surface area contributed by atoms with E-state index < -0.39 is 21.5 Å². The fourth-order valence-electron chi connectivity index (χ4n) is 1.90. The highest BCUT2D eigenvalue weighted by atomic mass is 32.2. The van der Waals surface area contributed by atoms with Crippen molar-refractivity contribution >= 4 is 15.9 Å². The molecule has 1 amide bonds. The van der Waals surface area contributed by atoms with Crippen molar-refractivity contribution in [1.29, 1.82) is 0 Å². The number of alkyl carbamates (subject to hydrolysis) is 1. The zero-order valence-corrected chi connectivity index (χ0v) is 7.89. The van der Waals surface area contributed by atoms with Gasteiger partial charge in [-0.05, 0) is 12.8 Å². The van der Waals surface area contributed by atoms with E-state index in [-0.39, 0.29) is 18.1 Å². The third-order valence-corrected chi connectivity index (χ3v) is 4.36. The minimum Gasteiger partial charge on any atom is -0.447 e. The number of amides is 1. The molecule has 1 N–H and O–H groups in total. The fraction of sp³-hybridized carbons (Fsp3) is 0.857. The Kier molecular flexibility index (Phi) is 1.76. The molecule has 0 aliphatic carbocycles. The van der Waals surface area contributed by atoms with Gasteiger partial charge in [0.2, 0.25) is 0 Å². The number of rotatable bonds is 0. The van der Waals surface area contributed by atoms with Gasteiger partial charge in [0.05, 0.1) is 17.0 Å². The number of carbonyl (C=O) groups is 1. The summed E-state index contributed by atoms with van der Waals surface area (Å²) in [5.41, 5.74) is -0.631. The summed E-state index contributed by atoms with van der Waals surface area (Å²) in [5, 5.41) is 2.58. The normalized spacial score (nSPS) is 37.1. The second-order valence-electron chi connectivity index (χ2n) is 3.68. The summed E-state index contributed by atoms with van der Waals surface area (Å²) in [5.74, 6) is 0.246. The van der Waals surface area contributed by atoms with Crippen LogP contribution < -0.4 is 5.32 Å². The third kappa shape index (κ3) is 1.63. The molecule has 2 saturated heterocycles. The molecule has 0 radical (unpaired) electrons. The molecule has 2 heterocycles. The van der Waals surface area contributed by atoms with Crippen LogP contribution in [-0.4, -0.2) is 38.2 Å². The lowest BCUT2D eigenvalue weighted by Crippen LogP contribution is -2.52. The third-order valence-electron chi connectivity index (χ3n) is 2.45. The molecule has 2 aliphatic rings. The highest BCUT2D eigenvalue weighted by Crippen LogP contribution is 2.26. The van der Waals surface area contributed by atoms with E-state index in [1.165, 1.54) is 0 Å². The minimum absolute atomic E-state index is 0.0196. The lowest BCUT2D eigenvalue weighted by atomic mass is 9.98. The van der Waals surface area contributed by atoms with E-state index >= 15 is 0 Å². The summed E-state index contributed by atoms with van der Waals surface area (Å²) in [6, 6.07) is 0. The van der Waals surface area contributed by atoms with Crippen LogP contribution in [0.15, 0.2) is 0 Å². The molecular weight excluding hydrogens is 194 g/mol. The number of hydrogen-bond donors (Lipinski definition) is 1. The van der Waals surface area contributed by atoms with Gasteiger partial charge in [-0.1, -0.05) is 0 Å². The second-order valence-corrected chi connectivity index (χ2v) is 5.86. The molecule has 0 bridgehead atoms. The minimum atomic E-state index is -2.99. The van der Waals surface area contributed by atoms with Crippen molar-refractivity contribution in [3.05, 3.63) is 0 Å². The molecule has 1 atom stereocenters. The Morgan fingerprint density at radius 3 is 2.77 bits per heavy atom. The maximum Gasteiger partial charge on any atom is 0.407 e. The van der Waals surface area contributed by atoms with E-state index in [1.807, 2.05) is 0 Å². The second kappa shape index (κ2) is 2.60. The zero-order valence-electron chi connectivity index (χ0n) is 7.08. The van der Waals surface area contributed by atoms with Gasteiger partial charge in [0.25, 0.3) is 0 Å². The molecular formula is C7H11NO4S. The summed E-state index contributed by atoms with van der Waals surface area (Å²) >= 11 is 0. The zero-order chi connectivity index (χ0) is 9.53. The van der Waals surface area contributed by atoms with Crippen molar-refractivity contribution < 1.29 is 17.9 Å². The van der Waals surface area contributed by atoms with Crippen LogP contribution in [0.2, 0.25) is 0 Å². The van der Waals surface area contributed by atoms with Crippen LogP contribution in [0.4, 0.5) is 4.79 Å². The number of nitrogens with one attached hydrogen (secondary N) is 1. The van der Waals surface area contributed by atoms with E-state index in [2.05, 4.69) is 5.32 Å². The van der Waals surface area contributed by atoms with Crippen molar-refractivity contribution in [1.82, 2.24) is 5.32 Å². The summed E-state index contributed by atoms with van der Waals surface area (Å²) < 4.78 is 27.3. The maximum atomic E-state index is 11.3. The summed E-state index contributed by atoms with van der Waals surface area (Å²) in [6.07, 6.45) is 0.793. The number of hydrogen-bond acceptors (Lipinski definition) is 4. The molecule has 1 unspecified atom stereocenters. The number of ether oxygens (including phenoxy) is 1. The maximum absolute atomic E-state index is 11.3. The number of sulfone groups is 1. The van der Waals surface area contributed by atoms with Crippen molar-refractivity contribution in [2.75, 3.05) is 18.1 Å². The predicted molar refractivity (Wildman–Crippen MR) is 45.1 cm³/mol. The Balaban J connectivity index is 2.20. The van der Waals surface area contributed by atoms with Gasteiger partial charge in [0.1, 0.15) is 6.61 Å². The summed E-state index contributed by atoms with van der Waals surface area (Å²) in [6.45, 7) is 0.186. The van der Waals surface area contributed by atoms with Crippen LogP contribution in [-0.2, 0) is 14.6 Å². The molecule has 6 heteroatoms. The van der Waals surface area contributed by atoms with Crippen molar-refractivity contribution in [3.8, 4) is 0 Å². The van der Waals surface area contributed by atoms with E-state index in [0.29, 0.717) is 12.8 Å². The van der Waals surface area contributed by atoms with Gasteiger partial charge in [0.15, 0.2) is 9.84 Å². The van der Waals surface area contributed by atoms with Gasteiger partial charge in [0, 0.05) is 0 Å². The summed E-state index contributed by atoms with van der Waals surface area (Å²) in [4.78, 5) is 10.8. The van der Waals surface area contributed by atoms with Gasteiger partial charge in [-0.25, -0.2) is 13.2 Å². The van der Waals surface area contributed by atoms with E-state index in [4.69, 9.17) is 4.74 Å². The van der Waals surface area contributed by atoms with Gasteiger partial charge in [-0.3, -0.25) is 0 Å². The van der Waals surface area contributed by atoms with E-state index in [9.17, 15) is 13.2 Å². The van der Waals surface area contributed by atoms with Crippen molar-refractivity contribution in [2.24, 2.45) is 0 Å². The van der Waals surface area contributed by atoms with Gasteiger partial charge in [-0.15, -0.1) is 0 Å². The lowest BCUT2D eigenvalue weighted by molar-refractivity contribution is 0.172. The highest BCUT2D eigenvalue weighted by molar-refractivity contribution is 7.91. The monoisotopic (exact) mass is 205 g/mol.